The molecule has 0 amide bonds. The van der Waals surface area contributed by atoms with Gasteiger partial charge in [-0.3, -0.25) is 9.89 Å². The number of ketones is 1. The van der Waals surface area contributed by atoms with Crippen molar-refractivity contribution >= 4 is 38.6 Å². The van der Waals surface area contributed by atoms with Gasteiger partial charge in [0.05, 0.1) is 5.52 Å². The summed E-state index contributed by atoms with van der Waals surface area (Å²) in [7, 11) is 0. The van der Waals surface area contributed by atoms with Gasteiger partial charge < -0.3 is 4.74 Å². The molecule has 1 unspecified atom stereocenters. The summed E-state index contributed by atoms with van der Waals surface area (Å²) in [6.45, 7) is 1.55. The molecule has 0 saturated heterocycles. The van der Waals surface area contributed by atoms with Gasteiger partial charge in [0, 0.05) is 15.4 Å². The van der Waals surface area contributed by atoms with E-state index in [1.54, 1.807) is 37.3 Å². The van der Waals surface area contributed by atoms with E-state index < -0.39 is 12.1 Å². The predicted octanol–water partition coefficient (Wildman–Crippen LogP) is 3.75. The molecule has 1 atom stereocenters. The van der Waals surface area contributed by atoms with Crippen LogP contribution in [-0.2, 0) is 4.74 Å². The fourth-order valence-corrected chi connectivity index (χ4v) is 2.50. The number of para-hydroxylation sites is 1. The first-order valence-corrected chi connectivity index (χ1v) is 7.79. The van der Waals surface area contributed by atoms with E-state index >= 15 is 0 Å². The van der Waals surface area contributed by atoms with Crippen molar-refractivity contribution in [2.75, 3.05) is 0 Å². The Bertz CT molecular complexity index is 871. The van der Waals surface area contributed by atoms with Gasteiger partial charge in [-0.2, -0.15) is 5.10 Å². The van der Waals surface area contributed by atoms with Crippen LogP contribution < -0.4 is 0 Å². The topological polar surface area (TPSA) is 72.0 Å². The fraction of sp³-hybridized carbons (Fsp3) is 0.118. The molecule has 0 bridgehead atoms. The van der Waals surface area contributed by atoms with Crippen LogP contribution in [0.2, 0.25) is 0 Å². The van der Waals surface area contributed by atoms with Crippen molar-refractivity contribution < 1.29 is 14.3 Å². The molecule has 116 valence electrons. The molecular formula is C17H13BrN2O3. The quantitative estimate of drug-likeness (QED) is 0.559. The first kappa shape index (κ1) is 15.4. The van der Waals surface area contributed by atoms with Crippen LogP contribution in [0.25, 0.3) is 10.9 Å². The van der Waals surface area contributed by atoms with Crippen molar-refractivity contribution in [1.82, 2.24) is 10.2 Å². The van der Waals surface area contributed by atoms with Crippen LogP contribution in [0.1, 0.15) is 27.8 Å². The molecule has 1 aromatic heterocycles. The van der Waals surface area contributed by atoms with Crippen LogP contribution in [0.5, 0.6) is 0 Å². The number of esters is 1. The van der Waals surface area contributed by atoms with Crippen molar-refractivity contribution in [2.24, 2.45) is 0 Å². The molecule has 0 spiro atoms. The minimum Gasteiger partial charge on any atom is -0.449 e. The van der Waals surface area contributed by atoms with E-state index in [0.717, 1.165) is 9.99 Å². The summed E-state index contributed by atoms with van der Waals surface area (Å²) < 4.78 is 6.14. The summed E-state index contributed by atoms with van der Waals surface area (Å²) in [5.41, 5.74) is 1.41. The Morgan fingerprint density at radius 1 is 1.13 bits per heavy atom. The summed E-state index contributed by atoms with van der Waals surface area (Å²) >= 11 is 3.31. The van der Waals surface area contributed by atoms with E-state index in [1.807, 2.05) is 18.2 Å². The van der Waals surface area contributed by atoms with Crippen molar-refractivity contribution in [2.45, 2.75) is 13.0 Å². The Morgan fingerprint density at radius 3 is 2.57 bits per heavy atom. The molecule has 0 aliphatic carbocycles. The van der Waals surface area contributed by atoms with Gasteiger partial charge in [0.2, 0.25) is 5.78 Å². The number of fused-ring (bicyclic) bond motifs is 1. The van der Waals surface area contributed by atoms with Crippen LogP contribution in [0.3, 0.4) is 0 Å². The average Bonchev–Trinajstić information content (AvgIpc) is 2.99. The molecule has 2 aromatic carbocycles. The molecule has 3 aromatic rings. The smallest absolute Gasteiger partial charge is 0.360 e. The Kier molecular flexibility index (Phi) is 4.25. The summed E-state index contributed by atoms with van der Waals surface area (Å²) in [5.74, 6) is -0.883. The number of ether oxygens (including phenoxy) is 1. The van der Waals surface area contributed by atoms with Gasteiger partial charge in [0.15, 0.2) is 11.8 Å². The van der Waals surface area contributed by atoms with Crippen molar-refractivity contribution in [3.8, 4) is 0 Å². The van der Waals surface area contributed by atoms with Crippen LogP contribution >= 0.6 is 15.9 Å². The highest BCUT2D eigenvalue weighted by Gasteiger charge is 2.23. The molecule has 0 radical (unpaired) electrons. The van der Waals surface area contributed by atoms with E-state index in [-0.39, 0.29) is 11.5 Å². The summed E-state index contributed by atoms with van der Waals surface area (Å²) in [6.07, 6.45) is -0.890. The van der Waals surface area contributed by atoms with E-state index in [9.17, 15) is 9.59 Å². The monoisotopic (exact) mass is 372 g/mol. The Balaban J connectivity index is 1.77. The van der Waals surface area contributed by atoms with E-state index in [1.165, 1.54) is 0 Å². The summed E-state index contributed by atoms with van der Waals surface area (Å²) in [6, 6.07) is 14.1. The molecule has 3 rings (SSSR count). The number of nitrogens with zero attached hydrogens (tertiary/aromatic N) is 1. The first-order chi connectivity index (χ1) is 11.1. The fourth-order valence-electron chi connectivity index (χ4n) is 2.24. The second kappa shape index (κ2) is 6.34. The molecule has 0 fully saturated rings. The average molecular weight is 373 g/mol. The maximum absolute atomic E-state index is 12.3. The maximum atomic E-state index is 12.3. The molecule has 1 heterocycles. The highest BCUT2D eigenvalue weighted by atomic mass is 79.9. The van der Waals surface area contributed by atoms with Gasteiger partial charge in [-0.15, -0.1) is 0 Å². The highest BCUT2D eigenvalue weighted by Crippen LogP contribution is 2.18. The standard InChI is InChI=1S/C17H13BrN2O3/c1-10(16(21)11-6-8-12(18)9-7-11)23-17(22)15-13-4-2-3-5-14(13)19-20-15/h2-10H,1H3,(H,19,20). The minimum absolute atomic E-state index is 0.177. The Morgan fingerprint density at radius 2 is 1.83 bits per heavy atom. The van der Waals surface area contributed by atoms with Crippen LogP contribution in [0.15, 0.2) is 53.0 Å². The number of nitrogens with one attached hydrogen (secondary N) is 1. The van der Waals surface area contributed by atoms with Gasteiger partial charge in [-0.25, -0.2) is 4.79 Å². The molecular weight excluding hydrogens is 360 g/mol. The lowest BCUT2D eigenvalue weighted by Crippen LogP contribution is -2.24. The van der Waals surface area contributed by atoms with Crippen molar-refractivity contribution in [1.29, 1.82) is 0 Å². The Hall–Kier alpha value is -2.47. The van der Waals surface area contributed by atoms with Crippen LogP contribution in [0.4, 0.5) is 0 Å². The zero-order valence-electron chi connectivity index (χ0n) is 12.2. The van der Waals surface area contributed by atoms with Gasteiger partial charge in [-0.1, -0.05) is 46.3 Å². The number of hydrogen-bond acceptors (Lipinski definition) is 4. The lowest BCUT2D eigenvalue weighted by atomic mass is 10.1. The zero-order chi connectivity index (χ0) is 16.4. The third kappa shape index (κ3) is 3.17. The third-order valence-corrected chi connectivity index (χ3v) is 3.97. The highest BCUT2D eigenvalue weighted by molar-refractivity contribution is 9.10. The molecule has 0 aliphatic heterocycles. The second-order valence-corrected chi connectivity index (χ2v) is 5.95. The van der Waals surface area contributed by atoms with Crippen molar-refractivity contribution in [3.63, 3.8) is 0 Å². The SMILES string of the molecule is CC(OC(=O)c1n[nH]c2ccccc12)C(=O)c1ccc(Br)cc1. The largest absolute Gasteiger partial charge is 0.449 e. The molecule has 0 saturated carbocycles. The molecule has 0 aliphatic rings. The van der Waals surface area contributed by atoms with Gasteiger partial charge in [0.1, 0.15) is 0 Å². The minimum atomic E-state index is -0.890. The Labute approximate surface area is 140 Å². The third-order valence-electron chi connectivity index (χ3n) is 3.45. The number of benzene rings is 2. The maximum Gasteiger partial charge on any atom is 0.360 e. The van der Waals surface area contributed by atoms with E-state index in [2.05, 4.69) is 26.1 Å². The number of H-pyrrole nitrogens is 1. The number of hydrogen-bond donors (Lipinski definition) is 1. The first-order valence-electron chi connectivity index (χ1n) is 7.00. The summed E-state index contributed by atoms with van der Waals surface area (Å²) in [5, 5.41) is 7.41. The van der Waals surface area contributed by atoms with Crippen LogP contribution in [0, 0.1) is 0 Å². The second-order valence-electron chi connectivity index (χ2n) is 5.04. The summed E-state index contributed by atoms with van der Waals surface area (Å²) in [4.78, 5) is 24.6. The molecule has 6 heteroatoms. The van der Waals surface area contributed by atoms with Gasteiger partial charge in [0.25, 0.3) is 0 Å². The molecule has 1 N–H and O–H groups in total. The zero-order valence-corrected chi connectivity index (χ0v) is 13.8. The predicted molar refractivity (Wildman–Crippen MR) is 89.4 cm³/mol. The lowest BCUT2D eigenvalue weighted by Gasteiger charge is -2.11. The number of rotatable bonds is 4. The van der Waals surface area contributed by atoms with Gasteiger partial charge >= 0.3 is 5.97 Å². The van der Waals surface area contributed by atoms with Crippen LogP contribution in [-0.4, -0.2) is 28.1 Å². The number of aromatic amines is 1. The van der Waals surface area contributed by atoms with Gasteiger partial charge in [-0.05, 0) is 25.1 Å². The number of carbonyl (C=O) groups excluding carboxylic acids is 2. The number of halogens is 1. The van der Waals surface area contributed by atoms with Crippen molar-refractivity contribution in [3.05, 3.63) is 64.3 Å². The lowest BCUT2D eigenvalue weighted by molar-refractivity contribution is 0.0315. The number of aromatic nitrogens is 2. The van der Waals surface area contributed by atoms with E-state index in [4.69, 9.17) is 4.74 Å². The normalized spacial score (nSPS) is 12.1. The number of carbonyl (C=O) groups is 2. The number of Topliss-reactive ketones (excluding diaryl/α,β-unsaturated/α-hetero) is 1. The molecule has 5 nitrogen and oxygen atoms in total. The van der Waals surface area contributed by atoms with E-state index in [0.29, 0.717) is 10.9 Å². The molecule has 23 heavy (non-hydrogen) atoms.